The molecule has 0 radical (unpaired) electrons. The molecule has 0 aliphatic carbocycles. The molecule has 1 atom stereocenters. The summed E-state index contributed by atoms with van der Waals surface area (Å²) in [5.41, 5.74) is 7.09. The summed E-state index contributed by atoms with van der Waals surface area (Å²) in [6.45, 7) is 10.0. The number of aliphatic imine (C=N–C) groups is 1. The van der Waals surface area contributed by atoms with Crippen molar-refractivity contribution in [3.8, 4) is 0 Å². The third kappa shape index (κ3) is 5.14. The van der Waals surface area contributed by atoms with Crippen molar-refractivity contribution < 1.29 is 0 Å². The van der Waals surface area contributed by atoms with Gasteiger partial charge in [0.25, 0.3) is 0 Å². The number of halogens is 1. The van der Waals surface area contributed by atoms with Gasteiger partial charge in [0, 0.05) is 19.1 Å². The van der Waals surface area contributed by atoms with Gasteiger partial charge in [-0.15, -0.1) is 0 Å². The first-order valence-corrected chi connectivity index (χ1v) is 8.95. The molecule has 0 aromatic carbocycles. The number of rotatable bonds is 3. The van der Waals surface area contributed by atoms with Crippen LogP contribution in [0, 0.1) is 0 Å². The van der Waals surface area contributed by atoms with Crippen LogP contribution in [0.15, 0.2) is 15.8 Å². The highest BCUT2D eigenvalue weighted by Crippen LogP contribution is 2.29. The van der Waals surface area contributed by atoms with Gasteiger partial charge in [0.05, 0.1) is 10.2 Å². The zero-order valence-electron chi connectivity index (χ0n) is 15.0. The molecule has 1 unspecified atom stereocenters. The van der Waals surface area contributed by atoms with Gasteiger partial charge < -0.3 is 15.5 Å². The third-order valence-electron chi connectivity index (χ3n) is 3.78. The topological polar surface area (TPSA) is 70.6 Å². The zero-order chi connectivity index (χ0) is 17.6. The zero-order valence-corrected chi connectivity index (χ0v) is 16.6. The standard InChI is InChI=1S/C14H23BrN6.C2H6/c1-9(2)12-11(15)13(18-8-17-12)19-14(16)21-6-5-10(7-21)20(3)4;1-2/h8-10H,5-7H2,1-4H3,(H2,16,17,18,19);1-2H3. The van der Waals surface area contributed by atoms with Gasteiger partial charge in [0.15, 0.2) is 11.8 Å². The Bertz CT molecular complexity index is 529. The van der Waals surface area contributed by atoms with Crippen molar-refractivity contribution in [3.63, 3.8) is 0 Å². The first-order chi connectivity index (χ1) is 10.9. The van der Waals surface area contributed by atoms with Crippen LogP contribution in [0.5, 0.6) is 0 Å². The van der Waals surface area contributed by atoms with Crippen LogP contribution in [0.25, 0.3) is 0 Å². The van der Waals surface area contributed by atoms with E-state index < -0.39 is 0 Å². The quantitative estimate of drug-likeness (QED) is 0.640. The van der Waals surface area contributed by atoms with E-state index in [0.717, 1.165) is 29.7 Å². The molecule has 0 spiro atoms. The van der Waals surface area contributed by atoms with Crippen LogP contribution in [0.3, 0.4) is 0 Å². The molecule has 7 heteroatoms. The average molecular weight is 385 g/mol. The molecular weight excluding hydrogens is 356 g/mol. The highest BCUT2D eigenvalue weighted by Gasteiger charge is 2.25. The number of likely N-dealkylation sites (N-methyl/N-ethyl adjacent to an activating group) is 1. The van der Waals surface area contributed by atoms with Crippen molar-refractivity contribution in [1.82, 2.24) is 19.8 Å². The van der Waals surface area contributed by atoms with Gasteiger partial charge in [-0.25, -0.2) is 9.97 Å². The summed E-state index contributed by atoms with van der Waals surface area (Å²) in [4.78, 5) is 17.3. The van der Waals surface area contributed by atoms with Crippen LogP contribution >= 0.6 is 15.9 Å². The number of hydrogen-bond acceptors (Lipinski definition) is 4. The lowest BCUT2D eigenvalue weighted by molar-refractivity contribution is 0.300. The monoisotopic (exact) mass is 384 g/mol. The van der Waals surface area contributed by atoms with Gasteiger partial charge in [-0.3, -0.25) is 0 Å². The Hall–Kier alpha value is -1.21. The highest BCUT2D eigenvalue weighted by molar-refractivity contribution is 9.10. The Morgan fingerprint density at radius 1 is 1.39 bits per heavy atom. The normalized spacial score (nSPS) is 18.4. The van der Waals surface area contributed by atoms with Crippen LogP contribution in [0.2, 0.25) is 0 Å². The summed E-state index contributed by atoms with van der Waals surface area (Å²) < 4.78 is 0.825. The summed E-state index contributed by atoms with van der Waals surface area (Å²) in [6.07, 6.45) is 2.64. The molecule has 23 heavy (non-hydrogen) atoms. The molecule has 2 rings (SSSR count). The minimum Gasteiger partial charge on any atom is -0.369 e. The van der Waals surface area contributed by atoms with Gasteiger partial charge in [-0.05, 0) is 42.4 Å². The van der Waals surface area contributed by atoms with E-state index in [0.29, 0.717) is 23.7 Å². The maximum Gasteiger partial charge on any atom is 0.198 e. The SMILES string of the molecule is CC.CC(C)c1ncnc(N=C(N)N2CCC(N(C)C)C2)c1Br. The van der Waals surface area contributed by atoms with Crippen LogP contribution in [-0.2, 0) is 0 Å². The van der Waals surface area contributed by atoms with Crippen LogP contribution in [0.1, 0.15) is 45.7 Å². The predicted octanol–water partition coefficient (Wildman–Crippen LogP) is 2.97. The summed E-state index contributed by atoms with van der Waals surface area (Å²) in [7, 11) is 4.19. The first kappa shape index (κ1) is 19.8. The second-order valence-electron chi connectivity index (χ2n) is 5.87. The van der Waals surface area contributed by atoms with Crippen LogP contribution < -0.4 is 5.73 Å². The van der Waals surface area contributed by atoms with Crippen molar-refractivity contribution >= 4 is 27.7 Å². The summed E-state index contributed by atoms with van der Waals surface area (Å²) >= 11 is 3.54. The van der Waals surface area contributed by atoms with Crippen LogP contribution in [0.4, 0.5) is 5.82 Å². The minimum atomic E-state index is 0.308. The summed E-state index contributed by atoms with van der Waals surface area (Å²) in [5.74, 6) is 1.43. The van der Waals surface area contributed by atoms with E-state index in [9.17, 15) is 0 Å². The molecule has 1 aliphatic rings. The lowest BCUT2D eigenvalue weighted by atomic mass is 10.1. The molecule has 1 fully saturated rings. The second kappa shape index (κ2) is 9.17. The lowest BCUT2D eigenvalue weighted by Crippen LogP contribution is -2.38. The first-order valence-electron chi connectivity index (χ1n) is 8.16. The minimum absolute atomic E-state index is 0.308. The van der Waals surface area contributed by atoms with E-state index in [1.54, 1.807) is 6.33 Å². The predicted molar refractivity (Wildman–Crippen MR) is 100 cm³/mol. The van der Waals surface area contributed by atoms with Crippen molar-refractivity contribution in [1.29, 1.82) is 0 Å². The fourth-order valence-electron chi connectivity index (χ4n) is 2.40. The summed E-state index contributed by atoms with van der Waals surface area (Å²) in [5, 5.41) is 0. The maximum atomic E-state index is 6.14. The van der Waals surface area contributed by atoms with Crippen molar-refractivity contribution in [2.45, 2.75) is 46.1 Å². The molecular formula is C16H29BrN6. The molecule has 1 aliphatic heterocycles. The fourth-order valence-corrected chi connectivity index (χ4v) is 3.16. The number of nitrogens with zero attached hydrogens (tertiary/aromatic N) is 5. The van der Waals surface area contributed by atoms with Crippen molar-refractivity contribution in [2.24, 2.45) is 10.7 Å². The molecule has 0 amide bonds. The number of hydrogen-bond donors (Lipinski definition) is 1. The number of guanidine groups is 1. The smallest absolute Gasteiger partial charge is 0.198 e. The Morgan fingerprint density at radius 2 is 2.04 bits per heavy atom. The highest BCUT2D eigenvalue weighted by atomic mass is 79.9. The Kier molecular flexibility index (Phi) is 7.91. The molecule has 1 aromatic heterocycles. The Labute approximate surface area is 148 Å². The van der Waals surface area contributed by atoms with Gasteiger partial charge in [-0.1, -0.05) is 27.7 Å². The van der Waals surface area contributed by atoms with Gasteiger partial charge in [0.2, 0.25) is 0 Å². The number of nitrogens with two attached hydrogens (primary N) is 1. The van der Waals surface area contributed by atoms with E-state index in [4.69, 9.17) is 5.73 Å². The van der Waals surface area contributed by atoms with Crippen molar-refractivity contribution in [2.75, 3.05) is 27.2 Å². The van der Waals surface area contributed by atoms with E-state index in [1.807, 2.05) is 13.8 Å². The van der Waals surface area contributed by atoms with Gasteiger partial charge in [0.1, 0.15) is 6.33 Å². The molecule has 0 saturated carbocycles. The Morgan fingerprint density at radius 3 is 2.57 bits per heavy atom. The molecule has 2 N–H and O–H groups in total. The molecule has 130 valence electrons. The molecule has 0 bridgehead atoms. The largest absolute Gasteiger partial charge is 0.369 e. The van der Waals surface area contributed by atoms with Gasteiger partial charge in [-0.2, -0.15) is 4.99 Å². The number of aromatic nitrogens is 2. The molecule has 6 nitrogen and oxygen atoms in total. The maximum absolute atomic E-state index is 6.14. The molecule has 1 saturated heterocycles. The molecule has 1 aromatic rings. The van der Waals surface area contributed by atoms with E-state index >= 15 is 0 Å². The van der Waals surface area contributed by atoms with Gasteiger partial charge >= 0.3 is 0 Å². The van der Waals surface area contributed by atoms with Crippen LogP contribution in [-0.4, -0.2) is 59.0 Å². The number of likely N-dealkylation sites (tertiary alicyclic amines) is 1. The Balaban J connectivity index is 0.00000127. The summed E-state index contributed by atoms with van der Waals surface area (Å²) in [6, 6.07) is 0.527. The second-order valence-corrected chi connectivity index (χ2v) is 6.67. The fraction of sp³-hybridized carbons (Fsp3) is 0.688. The molecule has 2 heterocycles. The van der Waals surface area contributed by atoms with Crippen molar-refractivity contribution in [3.05, 3.63) is 16.5 Å². The lowest BCUT2D eigenvalue weighted by Gasteiger charge is -2.21. The van der Waals surface area contributed by atoms with E-state index in [2.05, 4.69) is 68.6 Å². The average Bonchev–Trinajstić information content (AvgIpc) is 3.01. The third-order valence-corrected chi connectivity index (χ3v) is 4.54. The van der Waals surface area contributed by atoms with E-state index in [1.165, 1.54) is 0 Å². The van der Waals surface area contributed by atoms with E-state index in [-0.39, 0.29) is 0 Å².